The summed E-state index contributed by atoms with van der Waals surface area (Å²) in [6.45, 7) is 9.13. The summed E-state index contributed by atoms with van der Waals surface area (Å²) in [4.78, 5) is 2.66. The zero-order valence-corrected chi connectivity index (χ0v) is 13.2. The predicted molar refractivity (Wildman–Crippen MR) is 86.1 cm³/mol. The van der Waals surface area contributed by atoms with Crippen molar-refractivity contribution in [2.45, 2.75) is 52.0 Å². The molecule has 0 spiro atoms. The van der Waals surface area contributed by atoms with Gasteiger partial charge in [-0.1, -0.05) is 39.0 Å². The van der Waals surface area contributed by atoms with Crippen LogP contribution in [0.1, 0.15) is 45.6 Å². The van der Waals surface area contributed by atoms with Crippen molar-refractivity contribution in [3.05, 3.63) is 29.8 Å². The van der Waals surface area contributed by atoms with Gasteiger partial charge in [0.1, 0.15) is 0 Å². The van der Waals surface area contributed by atoms with Gasteiger partial charge in [0.15, 0.2) is 0 Å². The number of benzene rings is 1. The highest BCUT2D eigenvalue weighted by Crippen LogP contribution is 2.52. The first-order chi connectivity index (χ1) is 9.48. The Morgan fingerprint density at radius 3 is 2.70 bits per heavy atom. The van der Waals surface area contributed by atoms with Crippen LogP contribution in [0, 0.1) is 11.3 Å². The fourth-order valence-corrected chi connectivity index (χ4v) is 4.84. The van der Waals surface area contributed by atoms with Crippen molar-refractivity contribution in [2.24, 2.45) is 17.1 Å². The van der Waals surface area contributed by atoms with Crippen LogP contribution in [0.3, 0.4) is 0 Å². The second-order valence-electron chi connectivity index (χ2n) is 7.64. The van der Waals surface area contributed by atoms with Crippen molar-refractivity contribution in [2.75, 3.05) is 18.0 Å². The van der Waals surface area contributed by atoms with E-state index in [0.717, 1.165) is 13.1 Å². The summed E-state index contributed by atoms with van der Waals surface area (Å²) in [5.41, 5.74) is 9.83. The second-order valence-corrected chi connectivity index (χ2v) is 7.64. The van der Waals surface area contributed by atoms with Crippen LogP contribution in [-0.2, 0) is 6.42 Å². The van der Waals surface area contributed by atoms with E-state index >= 15 is 0 Å². The van der Waals surface area contributed by atoms with E-state index in [-0.39, 0.29) is 5.54 Å². The van der Waals surface area contributed by atoms with Crippen molar-refractivity contribution in [3.8, 4) is 0 Å². The van der Waals surface area contributed by atoms with Gasteiger partial charge in [0.2, 0.25) is 0 Å². The lowest BCUT2D eigenvalue weighted by molar-refractivity contribution is 0.298. The smallest absolute Gasteiger partial charge is 0.0554 e. The zero-order valence-electron chi connectivity index (χ0n) is 13.2. The van der Waals surface area contributed by atoms with Gasteiger partial charge in [-0.3, -0.25) is 0 Å². The lowest BCUT2D eigenvalue weighted by Gasteiger charge is -2.48. The van der Waals surface area contributed by atoms with Crippen molar-refractivity contribution in [1.29, 1.82) is 0 Å². The van der Waals surface area contributed by atoms with Crippen LogP contribution in [0.25, 0.3) is 0 Å². The highest BCUT2D eigenvalue weighted by atomic mass is 15.2. The first kappa shape index (κ1) is 13.9. The molecule has 1 fully saturated rings. The minimum absolute atomic E-state index is 0.153. The average Bonchev–Trinajstić information content (AvgIpc) is 2.68. The molecule has 20 heavy (non-hydrogen) atoms. The van der Waals surface area contributed by atoms with Gasteiger partial charge in [-0.25, -0.2) is 0 Å². The molecule has 2 unspecified atom stereocenters. The van der Waals surface area contributed by atoms with Gasteiger partial charge in [-0.2, -0.15) is 0 Å². The Morgan fingerprint density at radius 1 is 1.30 bits per heavy atom. The van der Waals surface area contributed by atoms with Crippen molar-refractivity contribution in [1.82, 2.24) is 0 Å². The fourth-order valence-electron chi connectivity index (χ4n) is 4.84. The van der Waals surface area contributed by atoms with Gasteiger partial charge < -0.3 is 10.6 Å². The summed E-state index contributed by atoms with van der Waals surface area (Å²) in [7, 11) is 0. The number of hydrogen-bond acceptors (Lipinski definition) is 2. The summed E-state index contributed by atoms with van der Waals surface area (Å²) in [6, 6.07) is 8.92. The monoisotopic (exact) mass is 272 g/mol. The van der Waals surface area contributed by atoms with Crippen LogP contribution in [0.15, 0.2) is 24.3 Å². The number of fused-ring (bicyclic) bond motifs is 1. The Kier molecular flexibility index (Phi) is 3.32. The second kappa shape index (κ2) is 4.77. The molecule has 3 rings (SSSR count). The normalized spacial score (nSPS) is 32.2. The maximum Gasteiger partial charge on any atom is 0.0554 e. The number of para-hydroxylation sites is 1. The van der Waals surface area contributed by atoms with Crippen molar-refractivity contribution >= 4 is 5.69 Å². The van der Waals surface area contributed by atoms with E-state index in [0.29, 0.717) is 11.3 Å². The van der Waals surface area contributed by atoms with Gasteiger partial charge in [0, 0.05) is 18.8 Å². The number of hydrogen-bond donors (Lipinski definition) is 1. The van der Waals surface area contributed by atoms with E-state index in [9.17, 15) is 0 Å². The van der Waals surface area contributed by atoms with Gasteiger partial charge in [-0.05, 0) is 48.6 Å². The molecule has 0 saturated heterocycles. The molecule has 2 nitrogen and oxygen atoms in total. The molecule has 1 aromatic carbocycles. The van der Waals surface area contributed by atoms with Crippen LogP contribution >= 0.6 is 0 Å². The van der Waals surface area contributed by atoms with E-state index in [1.165, 1.54) is 36.9 Å². The van der Waals surface area contributed by atoms with Crippen LogP contribution < -0.4 is 10.6 Å². The molecule has 1 aromatic rings. The lowest BCUT2D eigenvalue weighted by Crippen LogP contribution is -2.58. The maximum absolute atomic E-state index is 6.33. The SMILES string of the molecule is CC1CC(C)(C)CC1(CN)N1CCCc2ccccc21. The zero-order chi connectivity index (χ0) is 14.4. The molecule has 1 aliphatic heterocycles. The number of anilines is 1. The quantitative estimate of drug-likeness (QED) is 0.891. The molecule has 110 valence electrons. The molecule has 0 aromatic heterocycles. The number of rotatable bonds is 2. The maximum atomic E-state index is 6.33. The molecule has 1 saturated carbocycles. The van der Waals surface area contributed by atoms with E-state index in [1.807, 2.05) is 0 Å². The van der Waals surface area contributed by atoms with Crippen LogP contribution in [0.5, 0.6) is 0 Å². The fraction of sp³-hybridized carbons (Fsp3) is 0.667. The summed E-state index contributed by atoms with van der Waals surface area (Å²) >= 11 is 0. The highest BCUT2D eigenvalue weighted by Gasteiger charge is 2.51. The minimum atomic E-state index is 0.153. The van der Waals surface area contributed by atoms with E-state index in [4.69, 9.17) is 5.73 Å². The number of nitrogens with two attached hydrogens (primary N) is 1. The predicted octanol–water partition coefficient (Wildman–Crippen LogP) is 3.59. The Morgan fingerprint density at radius 2 is 2.05 bits per heavy atom. The highest BCUT2D eigenvalue weighted by molar-refractivity contribution is 5.58. The first-order valence-electron chi connectivity index (χ1n) is 8.04. The van der Waals surface area contributed by atoms with E-state index < -0.39 is 0 Å². The molecule has 0 radical (unpaired) electrons. The Balaban J connectivity index is 2.03. The first-order valence-corrected chi connectivity index (χ1v) is 8.04. The molecule has 0 bridgehead atoms. The summed E-state index contributed by atoms with van der Waals surface area (Å²) in [6.07, 6.45) is 4.96. The molecule has 2 heteroatoms. The molecule has 0 amide bonds. The molecule has 2 atom stereocenters. The Labute approximate surface area is 123 Å². The topological polar surface area (TPSA) is 29.3 Å². The van der Waals surface area contributed by atoms with Gasteiger partial charge in [-0.15, -0.1) is 0 Å². The van der Waals surface area contributed by atoms with Crippen molar-refractivity contribution < 1.29 is 0 Å². The molecule has 2 N–H and O–H groups in total. The van der Waals surface area contributed by atoms with Crippen LogP contribution in [0.4, 0.5) is 5.69 Å². The summed E-state index contributed by atoms with van der Waals surface area (Å²) < 4.78 is 0. The molecular weight excluding hydrogens is 244 g/mol. The number of nitrogens with zero attached hydrogens (tertiary/aromatic N) is 1. The van der Waals surface area contributed by atoms with Gasteiger partial charge >= 0.3 is 0 Å². The third-order valence-corrected chi connectivity index (χ3v) is 5.56. The Hall–Kier alpha value is -1.02. The molecular formula is C18H28N2. The summed E-state index contributed by atoms with van der Waals surface area (Å²) in [5, 5.41) is 0. The molecule has 2 aliphatic rings. The number of aryl methyl sites for hydroxylation is 1. The minimum Gasteiger partial charge on any atom is -0.364 e. The average molecular weight is 272 g/mol. The van der Waals surface area contributed by atoms with Crippen LogP contribution in [0.2, 0.25) is 0 Å². The van der Waals surface area contributed by atoms with Crippen molar-refractivity contribution in [3.63, 3.8) is 0 Å². The third kappa shape index (κ3) is 2.05. The molecule has 1 heterocycles. The standard InChI is InChI=1S/C18H28N2/c1-14-11-17(2,3)12-18(14,13-19)20-10-6-8-15-7-4-5-9-16(15)20/h4-5,7,9,14H,6,8,10-13,19H2,1-3H3. The molecule has 1 aliphatic carbocycles. The van der Waals surface area contributed by atoms with Crippen LogP contribution in [-0.4, -0.2) is 18.6 Å². The Bertz CT molecular complexity index is 494. The summed E-state index contributed by atoms with van der Waals surface area (Å²) in [5.74, 6) is 0.661. The van der Waals surface area contributed by atoms with Gasteiger partial charge in [0.05, 0.1) is 5.54 Å². The lowest BCUT2D eigenvalue weighted by atomic mass is 9.82. The third-order valence-electron chi connectivity index (χ3n) is 5.56. The van der Waals surface area contributed by atoms with E-state index in [2.05, 4.69) is 49.9 Å². The van der Waals surface area contributed by atoms with Gasteiger partial charge in [0.25, 0.3) is 0 Å². The van der Waals surface area contributed by atoms with E-state index in [1.54, 1.807) is 0 Å². The largest absolute Gasteiger partial charge is 0.364 e.